The first-order valence-electron chi connectivity index (χ1n) is 4.79. The van der Waals surface area contributed by atoms with E-state index in [1.807, 2.05) is 12.1 Å². The molecule has 0 saturated carbocycles. The molecule has 0 saturated heterocycles. The van der Waals surface area contributed by atoms with Crippen molar-refractivity contribution < 1.29 is 9.47 Å². The Morgan fingerprint density at radius 1 is 1.47 bits per heavy atom. The molecule has 2 N–H and O–H groups in total. The molecule has 0 radical (unpaired) electrons. The van der Waals surface area contributed by atoms with E-state index in [4.69, 9.17) is 26.8 Å². The van der Waals surface area contributed by atoms with Crippen LogP contribution in [0.5, 0.6) is 0 Å². The van der Waals surface area contributed by atoms with Crippen molar-refractivity contribution in [3.05, 3.63) is 21.3 Å². The first-order chi connectivity index (χ1) is 7.22. The van der Waals surface area contributed by atoms with Crippen LogP contribution in [0.15, 0.2) is 12.1 Å². The van der Waals surface area contributed by atoms with Crippen LogP contribution in [0.3, 0.4) is 0 Å². The second-order valence-corrected chi connectivity index (χ2v) is 5.04. The third-order valence-electron chi connectivity index (χ3n) is 1.86. The molecule has 1 rings (SSSR count). The van der Waals surface area contributed by atoms with E-state index in [-0.39, 0.29) is 6.04 Å². The maximum absolute atomic E-state index is 5.89. The lowest BCUT2D eigenvalue weighted by Gasteiger charge is -2.10. The summed E-state index contributed by atoms with van der Waals surface area (Å²) in [6.45, 7) is 1.76. The molecular weight excluding hydrogens is 234 g/mol. The van der Waals surface area contributed by atoms with Gasteiger partial charge >= 0.3 is 0 Å². The summed E-state index contributed by atoms with van der Waals surface area (Å²) in [6.07, 6.45) is 0.810. The zero-order chi connectivity index (χ0) is 11.1. The minimum absolute atomic E-state index is 0.0246. The van der Waals surface area contributed by atoms with Crippen molar-refractivity contribution in [3.63, 3.8) is 0 Å². The van der Waals surface area contributed by atoms with Crippen molar-refractivity contribution >= 4 is 22.9 Å². The van der Waals surface area contributed by atoms with Crippen molar-refractivity contribution in [2.45, 2.75) is 12.5 Å². The summed E-state index contributed by atoms with van der Waals surface area (Å²) in [5.41, 5.74) is 5.89. The highest BCUT2D eigenvalue weighted by atomic mass is 35.5. The Balaban J connectivity index is 2.15. The lowest BCUT2D eigenvalue weighted by molar-refractivity contribution is 0.0638. The number of nitrogens with two attached hydrogens (primary N) is 1. The summed E-state index contributed by atoms with van der Waals surface area (Å²) >= 11 is 7.38. The molecule has 0 aliphatic rings. The summed E-state index contributed by atoms with van der Waals surface area (Å²) in [5, 5.41) is 0. The van der Waals surface area contributed by atoms with E-state index < -0.39 is 0 Å². The SMILES string of the molecule is COCCOCC(N)Cc1ccc(Cl)s1. The van der Waals surface area contributed by atoms with Crippen molar-refractivity contribution in [2.75, 3.05) is 26.9 Å². The number of rotatable bonds is 7. The van der Waals surface area contributed by atoms with Crippen LogP contribution in [0, 0.1) is 0 Å². The highest BCUT2D eigenvalue weighted by Gasteiger charge is 2.06. The Kier molecular flexibility index (Phi) is 6.20. The Labute approximate surface area is 99.1 Å². The van der Waals surface area contributed by atoms with Gasteiger partial charge in [0.2, 0.25) is 0 Å². The quantitative estimate of drug-likeness (QED) is 0.751. The predicted octanol–water partition coefficient (Wildman–Crippen LogP) is 1.93. The first kappa shape index (κ1) is 12.9. The number of hydrogen-bond acceptors (Lipinski definition) is 4. The van der Waals surface area contributed by atoms with Crippen LogP contribution in [0.25, 0.3) is 0 Å². The molecule has 0 fully saturated rings. The lowest BCUT2D eigenvalue weighted by atomic mass is 10.2. The maximum atomic E-state index is 5.89. The molecule has 0 aromatic carbocycles. The molecule has 0 amide bonds. The zero-order valence-corrected chi connectivity index (χ0v) is 10.3. The van der Waals surface area contributed by atoms with Gasteiger partial charge in [-0.1, -0.05) is 11.6 Å². The fourth-order valence-corrected chi connectivity index (χ4v) is 2.34. The van der Waals surface area contributed by atoms with Gasteiger partial charge in [0.05, 0.1) is 24.2 Å². The number of thiophene rings is 1. The molecule has 1 atom stereocenters. The number of ether oxygens (including phenoxy) is 2. The average Bonchev–Trinajstić information content (AvgIpc) is 2.59. The first-order valence-corrected chi connectivity index (χ1v) is 5.98. The van der Waals surface area contributed by atoms with Gasteiger partial charge in [0.25, 0.3) is 0 Å². The third kappa shape index (κ3) is 5.49. The number of hydrogen-bond donors (Lipinski definition) is 1. The van der Waals surface area contributed by atoms with Crippen LogP contribution in [-0.4, -0.2) is 33.0 Å². The highest BCUT2D eigenvalue weighted by molar-refractivity contribution is 7.16. The van der Waals surface area contributed by atoms with Crippen molar-refractivity contribution in [2.24, 2.45) is 5.73 Å². The Morgan fingerprint density at radius 2 is 2.27 bits per heavy atom. The monoisotopic (exact) mass is 249 g/mol. The van der Waals surface area contributed by atoms with Crippen LogP contribution in [0.2, 0.25) is 4.34 Å². The molecule has 15 heavy (non-hydrogen) atoms. The highest BCUT2D eigenvalue weighted by Crippen LogP contribution is 2.22. The standard InChI is InChI=1S/C10H16ClNO2S/c1-13-4-5-14-7-8(12)6-9-2-3-10(11)15-9/h2-3,8H,4-7,12H2,1H3. The summed E-state index contributed by atoms with van der Waals surface area (Å²) in [4.78, 5) is 1.20. The molecule has 0 aliphatic heterocycles. The van der Waals surface area contributed by atoms with Gasteiger partial charge in [-0.05, 0) is 18.6 Å². The molecule has 0 bridgehead atoms. The molecule has 3 nitrogen and oxygen atoms in total. The number of halogens is 1. The Hall–Kier alpha value is -0.130. The Bertz CT molecular complexity index is 280. The molecule has 0 aliphatic carbocycles. The second kappa shape index (κ2) is 7.19. The van der Waals surface area contributed by atoms with E-state index in [0.29, 0.717) is 19.8 Å². The van der Waals surface area contributed by atoms with Crippen LogP contribution in [-0.2, 0) is 15.9 Å². The van der Waals surface area contributed by atoms with Gasteiger partial charge in [-0.2, -0.15) is 0 Å². The topological polar surface area (TPSA) is 44.5 Å². The van der Waals surface area contributed by atoms with Crippen LogP contribution in [0.1, 0.15) is 4.88 Å². The summed E-state index contributed by atoms with van der Waals surface area (Å²) in [5.74, 6) is 0. The van der Waals surface area contributed by atoms with Gasteiger partial charge in [0.15, 0.2) is 0 Å². The van der Waals surface area contributed by atoms with Gasteiger partial charge in [0, 0.05) is 18.0 Å². The molecule has 1 unspecified atom stereocenters. The van der Waals surface area contributed by atoms with E-state index in [2.05, 4.69) is 0 Å². The molecular formula is C10H16ClNO2S. The van der Waals surface area contributed by atoms with Gasteiger partial charge in [-0.25, -0.2) is 0 Å². The third-order valence-corrected chi connectivity index (χ3v) is 3.11. The van der Waals surface area contributed by atoms with E-state index in [9.17, 15) is 0 Å². The van der Waals surface area contributed by atoms with E-state index >= 15 is 0 Å². The summed E-state index contributed by atoms with van der Waals surface area (Å²) < 4.78 is 11.0. The molecule has 1 aromatic rings. The normalized spacial score (nSPS) is 13.0. The van der Waals surface area contributed by atoms with Crippen molar-refractivity contribution in [1.29, 1.82) is 0 Å². The molecule has 0 spiro atoms. The van der Waals surface area contributed by atoms with E-state index in [0.717, 1.165) is 10.8 Å². The average molecular weight is 250 g/mol. The van der Waals surface area contributed by atoms with E-state index in [1.54, 1.807) is 18.4 Å². The van der Waals surface area contributed by atoms with Crippen molar-refractivity contribution in [1.82, 2.24) is 0 Å². The fourth-order valence-electron chi connectivity index (χ4n) is 1.16. The smallest absolute Gasteiger partial charge is 0.0931 e. The lowest BCUT2D eigenvalue weighted by Crippen LogP contribution is -2.28. The van der Waals surface area contributed by atoms with Crippen LogP contribution >= 0.6 is 22.9 Å². The predicted molar refractivity (Wildman–Crippen MR) is 63.7 cm³/mol. The van der Waals surface area contributed by atoms with Gasteiger partial charge in [0.1, 0.15) is 0 Å². The van der Waals surface area contributed by atoms with Crippen LogP contribution < -0.4 is 5.73 Å². The van der Waals surface area contributed by atoms with Crippen molar-refractivity contribution in [3.8, 4) is 0 Å². The zero-order valence-electron chi connectivity index (χ0n) is 8.74. The molecule has 1 aromatic heterocycles. The fraction of sp³-hybridized carbons (Fsp3) is 0.600. The minimum Gasteiger partial charge on any atom is -0.382 e. The summed E-state index contributed by atoms with van der Waals surface area (Å²) in [7, 11) is 1.65. The Morgan fingerprint density at radius 3 is 2.87 bits per heavy atom. The largest absolute Gasteiger partial charge is 0.382 e. The number of methoxy groups -OCH3 is 1. The molecule has 1 heterocycles. The minimum atomic E-state index is 0.0246. The second-order valence-electron chi connectivity index (χ2n) is 3.24. The van der Waals surface area contributed by atoms with Gasteiger partial charge in [-0.3, -0.25) is 0 Å². The molecule has 5 heteroatoms. The van der Waals surface area contributed by atoms with Gasteiger partial charge in [-0.15, -0.1) is 11.3 Å². The summed E-state index contributed by atoms with van der Waals surface area (Å²) in [6, 6.07) is 3.92. The van der Waals surface area contributed by atoms with Crippen LogP contribution in [0.4, 0.5) is 0 Å². The maximum Gasteiger partial charge on any atom is 0.0931 e. The molecule has 86 valence electrons. The van der Waals surface area contributed by atoms with E-state index in [1.165, 1.54) is 4.88 Å². The van der Waals surface area contributed by atoms with Gasteiger partial charge < -0.3 is 15.2 Å².